The number of aliphatic hydroxyl groups excluding tert-OH is 1. The van der Waals surface area contributed by atoms with Crippen LogP contribution in [0.3, 0.4) is 0 Å². The molecule has 0 unspecified atom stereocenters. The lowest BCUT2D eigenvalue weighted by atomic mass is 9.93. The lowest BCUT2D eigenvalue weighted by Crippen LogP contribution is -2.45. The highest BCUT2D eigenvalue weighted by molar-refractivity contribution is 14.0. The molecule has 0 spiro atoms. The number of aliphatic hydroxyl groups is 1. The molecular formula is C19H30IN3O3. The second kappa shape index (κ2) is 10.8. The molecule has 1 aliphatic heterocycles. The third-order valence-corrected chi connectivity index (χ3v) is 4.61. The number of guanidine groups is 1. The zero-order valence-corrected chi connectivity index (χ0v) is 17.7. The van der Waals surface area contributed by atoms with E-state index in [0.29, 0.717) is 25.8 Å². The number of nitrogens with zero attached hydrogens (tertiary/aromatic N) is 1. The number of fused-ring (bicyclic) bond motifs is 1. The molecule has 0 saturated heterocycles. The van der Waals surface area contributed by atoms with E-state index in [0.717, 1.165) is 61.7 Å². The molecule has 0 bridgehead atoms. The van der Waals surface area contributed by atoms with E-state index in [4.69, 9.17) is 14.5 Å². The largest absolute Gasteiger partial charge is 0.490 e. The van der Waals surface area contributed by atoms with Crippen molar-refractivity contribution in [3.8, 4) is 11.5 Å². The molecule has 3 rings (SSSR count). The van der Waals surface area contributed by atoms with Crippen LogP contribution in [0.2, 0.25) is 0 Å². The normalized spacial score (nSPS) is 22.8. The van der Waals surface area contributed by atoms with Crippen molar-refractivity contribution in [2.45, 2.75) is 57.7 Å². The van der Waals surface area contributed by atoms with Crippen molar-refractivity contribution in [2.75, 3.05) is 19.8 Å². The predicted octanol–water partition coefficient (Wildman–Crippen LogP) is 2.82. The molecule has 7 heteroatoms. The van der Waals surface area contributed by atoms with Crippen molar-refractivity contribution in [2.24, 2.45) is 4.99 Å². The quantitative estimate of drug-likeness (QED) is 0.355. The molecule has 6 nitrogen and oxygen atoms in total. The van der Waals surface area contributed by atoms with Gasteiger partial charge in [-0.15, -0.1) is 24.0 Å². The molecule has 1 aliphatic carbocycles. The van der Waals surface area contributed by atoms with Crippen LogP contribution in [0.4, 0.5) is 0 Å². The van der Waals surface area contributed by atoms with E-state index < -0.39 is 0 Å². The number of nitrogens with one attached hydrogen (secondary N) is 2. The van der Waals surface area contributed by atoms with E-state index in [1.54, 1.807) is 0 Å². The molecule has 1 aromatic carbocycles. The summed E-state index contributed by atoms with van der Waals surface area (Å²) in [7, 11) is 0. The number of ether oxygens (including phenoxy) is 2. The highest BCUT2D eigenvalue weighted by Gasteiger charge is 2.20. The molecule has 3 N–H and O–H groups in total. The molecule has 1 fully saturated rings. The fraction of sp³-hybridized carbons (Fsp3) is 0.632. The van der Waals surface area contributed by atoms with Gasteiger partial charge in [-0.1, -0.05) is 6.07 Å². The van der Waals surface area contributed by atoms with Crippen LogP contribution in [-0.2, 0) is 6.54 Å². The minimum Gasteiger partial charge on any atom is -0.490 e. The first kappa shape index (κ1) is 21.1. The van der Waals surface area contributed by atoms with Gasteiger partial charge >= 0.3 is 0 Å². The third kappa shape index (κ3) is 6.19. The number of aliphatic imine (C=N–C) groups is 1. The Kier molecular flexibility index (Phi) is 8.77. The van der Waals surface area contributed by atoms with Gasteiger partial charge in [0, 0.05) is 19.0 Å². The summed E-state index contributed by atoms with van der Waals surface area (Å²) in [5, 5.41) is 16.4. The Morgan fingerprint density at radius 3 is 2.62 bits per heavy atom. The van der Waals surface area contributed by atoms with Gasteiger partial charge in [0.1, 0.15) is 0 Å². The van der Waals surface area contributed by atoms with E-state index in [1.165, 1.54) is 0 Å². The van der Waals surface area contributed by atoms with Gasteiger partial charge < -0.3 is 25.2 Å². The summed E-state index contributed by atoms with van der Waals surface area (Å²) in [5.74, 6) is 2.46. The fourth-order valence-corrected chi connectivity index (χ4v) is 3.21. The zero-order valence-electron chi connectivity index (χ0n) is 15.4. The van der Waals surface area contributed by atoms with Crippen LogP contribution in [0.15, 0.2) is 23.2 Å². The number of rotatable bonds is 4. The van der Waals surface area contributed by atoms with Crippen LogP contribution in [0.1, 0.15) is 44.6 Å². The average Bonchev–Trinajstić information content (AvgIpc) is 2.86. The maximum absolute atomic E-state index is 9.64. The first-order valence-electron chi connectivity index (χ1n) is 9.36. The topological polar surface area (TPSA) is 75.1 Å². The van der Waals surface area contributed by atoms with Gasteiger partial charge in [0.05, 0.1) is 25.9 Å². The van der Waals surface area contributed by atoms with Gasteiger partial charge in [0.2, 0.25) is 0 Å². The molecule has 0 radical (unpaired) electrons. The minimum atomic E-state index is -0.139. The highest BCUT2D eigenvalue weighted by Crippen LogP contribution is 2.30. The SMILES string of the molecule is CCNC(=NCc1ccc2c(c1)OCCCO2)NC1CCC(O)CC1.I. The standard InChI is InChI=1S/C19H29N3O3.HI/c1-2-20-19(22-15-5-7-16(23)8-6-15)21-13-14-4-9-17-18(12-14)25-11-3-10-24-17;/h4,9,12,15-16,23H,2-3,5-8,10-11,13H2,1H3,(H2,20,21,22);1H. The molecule has 26 heavy (non-hydrogen) atoms. The minimum absolute atomic E-state index is 0. The Labute approximate surface area is 172 Å². The lowest BCUT2D eigenvalue weighted by Gasteiger charge is -2.27. The van der Waals surface area contributed by atoms with Crippen molar-refractivity contribution in [1.29, 1.82) is 0 Å². The Bertz CT molecular complexity index is 589. The van der Waals surface area contributed by atoms with E-state index in [-0.39, 0.29) is 30.1 Å². The summed E-state index contributed by atoms with van der Waals surface area (Å²) >= 11 is 0. The van der Waals surface area contributed by atoms with Crippen LogP contribution in [-0.4, -0.2) is 43.0 Å². The second-order valence-corrected chi connectivity index (χ2v) is 6.68. The van der Waals surface area contributed by atoms with Gasteiger partial charge in [-0.2, -0.15) is 0 Å². The van der Waals surface area contributed by atoms with E-state index in [1.807, 2.05) is 18.2 Å². The van der Waals surface area contributed by atoms with Gasteiger partial charge in [-0.25, -0.2) is 4.99 Å². The van der Waals surface area contributed by atoms with E-state index in [2.05, 4.69) is 17.6 Å². The first-order valence-corrected chi connectivity index (χ1v) is 9.36. The van der Waals surface area contributed by atoms with Gasteiger partial charge in [0.15, 0.2) is 17.5 Å². The Morgan fingerprint density at radius 2 is 1.88 bits per heavy atom. The maximum Gasteiger partial charge on any atom is 0.191 e. The summed E-state index contributed by atoms with van der Waals surface area (Å²) in [6.07, 6.45) is 4.45. The second-order valence-electron chi connectivity index (χ2n) is 6.68. The van der Waals surface area contributed by atoms with Crippen molar-refractivity contribution in [3.63, 3.8) is 0 Å². The highest BCUT2D eigenvalue weighted by atomic mass is 127. The molecule has 146 valence electrons. The van der Waals surface area contributed by atoms with E-state index in [9.17, 15) is 5.11 Å². The predicted molar refractivity (Wildman–Crippen MR) is 114 cm³/mol. The van der Waals surface area contributed by atoms with Gasteiger partial charge in [-0.05, 0) is 50.3 Å². The summed E-state index contributed by atoms with van der Waals surface area (Å²) in [6.45, 7) is 4.87. The molecule has 1 saturated carbocycles. The fourth-order valence-electron chi connectivity index (χ4n) is 3.21. The van der Waals surface area contributed by atoms with E-state index >= 15 is 0 Å². The number of hydrogen-bond donors (Lipinski definition) is 3. The van der Waals surface area contributed by atoms with Crippen LogP contribution < -0.4 is 20.1 Å². The average molecular weight is 475 g/mol. The Morgan fingerprint density at radius 1 is 1.15 bits per heavy atom. The maximum atomic E-state index is 9.64. The van der Waals surface area contributed by atoms with Crippen LogP contribution in [0, 0.1) is 0 Å². The summed E-state index contributed by atoms with van der Waals surface area (Å²) in [4.78, 5) is 4.70. The van der Waals surface area contributed by atoms with Crippen LogP contribution >= 0.6 is 24.0 Å². The van der Waals surface area contributed by atoms with Crippen molar-refractivity contribution in [3.05, 3.63) is 23.8 Å². The first-order chi connectivity index (χ1) is 12.2. The summed E-state index contributed by atoms with van der Waals surface area (Å²) in [5.41, 5.74) is 1.10. The van der Waals surface area contributed by atoms with Crippen LogP contribution in [0.25, 0.3) is 0 Å². The third-order valence-electron chi connectivity index (χ3n) is 4.61. The van der Waals surface area contributed by atoms with Crippen LogP contribution in [0.5, 0.6) is 11.5 Å². The molecule has 0 aromatic heterocycles. The Balaban J connectivity index is 0.00000243. The van der Waals surface area contributed by atoms with Gasteiger partial charge in [0.25, 0.3) is 0 Å². The zero-order chi connectivity index (χ0) is 17.5. The molecule has 0 atom stereocenters. The molecule has 1 aromatic rings. The van der Waals surface area contributed by atoms with Crippen molar-refractivity contribution >= 4 is 29.9 Å². The monoisotopic (exact) mass is 475 g/mol. The van der Waals surface area contributed by atoms with Gasteiger partial charge in [-0.3, -0.25) is 0 Å². The smallest absolute Gasteiger partial charge is 0.191 e. The van der Waals surface area contributed by atoms with Crippen molar-refractivity contribution < 1.29 is 14.6 Å². The summed E-state index contributed by atoms with van der Waals surface area (Å²) < 4.78 is 11.4. The number of hydrogen-bond acceptors (Lipinski definition) is 4. The molecule has 0 amide bonds. The summed E-state index contributed by atoms with van der Waals surface area (Å²) in [6, 6.07) is 6.40. The molecule has 1 heterocycles. The lowest BCUT2D eigenvalue weighted by molar-refractivity contribution is 0.120. The van der Waals surface area contributed by atoms with Crippen molar-refractivity contribution in [1.82, 2.24) is 10.6 Å². The number of benzene rings is 1. The molecular weight excluding hydrogens is 445 g/mol. The number of halogens is 1. The molecule has 2 aliphatic rings. The Hall–Kier alpha value is -1.22.